The molecule has 2 rings (SSSR count). The Bertz CT molecular complexity index is 790. The maximum atomic E-state index is 13.1. The molecule has 1 heterocycles. The van der Waals surface area contributed by atoms with Crippen LogP contribution in [0.15, 0.2) is 53.7 Å². The van der Waals surface area contributed by atoms with E-state index in [1.807, 2.05) is 6.92 Å². The Kier molecular flexibility index (Phi) is 6.52. The molecule has 1 aromatic heterocycles. The van der Waals surface area contributed by atoms with Gasteiger partial charge in [-0.15, -0.1) is 0 Å². The number of nitrogens with one attached hydrogen (secondary N) is 1. The maximum absolute atomic E-state index is 13.1. The number of ether oxygens (including phenoxy) is 1. The molecule has 1 aromatic carbocycles. The Morgan fingerprint density at radius 1 is 1.24 bits per heavy atom. The number of hydrogen-bond acceptors (Lipinski definition) is 5. The molecule has 0 spiro atoms. The van der Waals surface area contributed by atoms with Crippen LogP contribution in [0, 0.1) is 0 Å². The first-order valence-corrected chi connectivity index (χ1v) is 9.58. The summed E-state index contributed by atoms with van der Waals surface area (Å²) in [5.41, 5.74) is 0.537. The summed E-state index contributed by atoms with van der Waals surface area (Å²) in [4.78, 5) is 16.0. The zero-order valence-corrected chi connectivity index (χ0v) is 15.1. The van der Waals surface area contributed by atoms with Crippen molar-refractivity contribution in [2.75, 3.05) is 13.7 Å². The molecule has 25 heavy (non-hydrogen) atoms. The predicted octanol–water partition coefficient (Wildman–Crippen LogP) is 2.52. The van der Waals surface area contributed by atoms with Crippen molar-refractivity contribution in [3.8, 4) is 5.75 Å². The van der Waals surface area contributed by atoms with E-state index in [9.17, 15) is 13.2 Å². The number of carbonyl (C=O) groups excluding carboxylic acids is 1. The van der Waals surface area contributed by atoms with Gasteiger partial charge in [-0.3, -0.25) is 9.78 Å². The Balaban J connectivity index is 2.33. The second-order valence-electron chi connectivity index (χ2n) is 5.55. The molecule has 0 fully saturated rings. The van der Waals surface area contributed by atoms with Crippen molar-refractivity contribution in [2.45, 2.75) is 29.9 Å². The first kappa shape index (κ1) is 18.9. The van der Waals surface area contributed by atoms with Crippen molar-refractivity contribution in [1.29, 1.82) is 0 Å². The first-order chi connectivity index (χ1) is 12.0. The van der Waals surface area contributed by atoms with E-state index < -0.39 is 15.1 Å². The highest BCUT2D eigenvalue weighted by atomic mass is 32.2. The van der Waals surface area contributed by atoms with Gasteiger partial charge in [0.05, 0.1) is 12.0 Å². The third-order valence-electron chi connectivity index (χ3n) is 3.78. The van der Waals surface area contributed by atoms with Crippen LogP contribution >= 0.6 is 0 Å². The molecule has 0 bridgehead atoms. The van der Waals surface area contributed by atoms with Crippen LogP contribution in [0.3, 0.4) is 0 Å². The molecule has 0 unspecified atom stereocenters. The minimum Gasteiger partial charge on any atom is -0.497 e. The van der Waals surface area contributed by atoms with E-state index in [0.717, 1.165) is 0 Å². The van der Waals surface area contributed by atoms with Crippen LogP contribution < -0.4 is 10.1 Å². The van der Waals surface area contributed by atoms with Gasteiger partial charge in [0, 0.05) is 25.4 Å². The summed E-state index contributed by atoms with van der Waals surface area (Å²) in [6, 6.07) is 9.59. The smallest absolute Gasteiger partial charge is 0.220 e. The number of pyridine rings is 1. The maximum Gasteiger partial charge on any atom is 0.220 e. The van der Waals surface area contributed by atoms with E-state index in [0.29, 0.717) is 24.2 Å². The number of methoxy groups -OCH3 is 1. The molecule has 0 aliphatic rings. The summed E-state index contributed by atoms with van der Waals surface area (Å²) in [6.45, 7) is 1.89. The highest BCUT2D eigenvalue weighted by molar-refractivity contribution is 7.91. The molecule has 0 saturated carbocycles. The van der Waals surface area contributed by atoms with Crippen molar-refractivity contribution in [1.82, 2.24) is 10.3 Å². The minimum absolute atomic E-state index is 0.00110. The Hall–Kier alpha value is -2.41. The third kappa shape index (κ3) is 4.79. The number of hydrogen-bond donors (Lipinski definition) is 1. The Morgan fingerprint density at radius 2 is 1.96 bits per heavy atom. The van der Waals surface area contributed by atoms with E-state index in [1.165, 1.54) is 25.4 Å². The lowest BCUT2D eigenvalue weighted by atomic mass is 10.2. The average Bonchev–Trinajstić information content (AvgIpc) is 2.63. The fourth-order valence-corrected chi connectivity index (χ4v) is 4.07. The van der Waals surface area contributed by atoms with Gasteiger partial charge in [-0.05, 0) is 42.3 Å². The highest BCUT2D eigenvalue weighted by Gasteiger charge is 2.29. The van der Waals surface area contributed by atoms with Crippen LogP contribution in [0.2, 0.25) is 0 Å². The number of benzene rings is 1. The molecule has 1 amide bonds. The molecular weight excluding hydrogens is 340 g/mol. The Labute approximate surface area is 148 Å². The van der Waals surface area contributed by atoms with E-state index >= 15 is 0 Å². The summed E-state index contributed by atoms with van der Waals surface area (Å²) >= 11 is 0. The molecular formula is C18H22N2O4S. The molecule has 0 aliphatic carbocycles. The second-order valence-corrected chi connectivity index (χ2v) is 7.68. The molecule has 6 nitrogen and oxygen atoms in total. The standard InChI is InChI=1S/C18H22N2O4S/c1-3-5-18(21)20-13-17(14-6-4-11-19-12-14)25(22,23)16-9-7-15(24-2)8-10-16/h4,6-12,17H,3,5,13H2,1-2H3,(H,20,21)/t17-/m0/s1. The Morgan fingerprint density at radius 3 is 2.52 bits per heavy atom. The van der Waals surface area contributed by atoms with Crippen LogP contribution in [-0.2, 0) is 14.6 Å². The number of nitrogens with zero attached hydrogens (tertiary/aromatic N) is 1. The zero-order chi connectivity index (χ0) is 18.3. The molecule has 7 heteroatoms. The fraction of sp³-hybridized carbons (Fsp3) is 0.333. The van der Waals surface area contributed by atoms with Gasteiger partial charge in [0.1, 0.15) is 11.0 Å². The van der Waals surface area contributed by atoms with Gasteiger partial charge in [0.15, 0.2) is 9.84 Å². The average molecular weight is 362 g/mol. The van der Waals surface area contributed by atoms with E-state index in [1.54, 1.807) is 30.5 Å². The summed E-state index contributed by atoms with van der Waals surface area (Å²) < 4.78 is 31.2. The molecule has 0 aliphatic heterocycles. The highest BCUT2D eigenvalue weighted by Crippen LogP contribution is 2.29. The van der Waals surface area contributed by atoms with Crippen LogP contribution in [0.25, 0.3) is 0 Å². The summed E-state index contributed by atoms with van der Waals surface area (Å²) in [5, 5.41) is 1.80. The number of sulfone groups is 1. The number of aromatic nitrogens is 1. The van der Waals surface area contributed by atoms with Gasteiger partial charge in [0.25, 0.3) is 0 Å². The van der Waals surface area contributed by atoms with Crippen molar-refractivity contribution in [2.24, 2.45) is 0 Å². The number of carbonyl (C=O) groups is 1. The van der Waals surface area contributed by atoms with Gasteiger partial charge in [-0.2, -0.15) is 0 Å². The predicted molar refractivity (Wildman–Crippen MR) is 95.1 cm³/mol. The van der Waals surface area contributed by atoms with Gasteiger partial charge in [-0.1, -0.05) is 13.0 Å². The molecule has 134 valence electrons. The van der Waals surface area contributed by atoms with E-state index in [-0.39, 0.29) is 17.3 Å². The van der Waals surface area contributed by atoms with Crippen LogP contribution in [0.4, 0.5) is 0 Å². The van der Waals surface area contributed by atoms with Gasteiger partial charge >= 0.3 is 0 Å². The van der Waals surface area contributed by atoms with Crippen molar-refractivity contribution >= 4 is 15.7 Å². The van der Waals surface area contributed by atoms with Crippen LogP contribution in [0.1, 0.15) is 30.6 Å². The van der Waals surface area contributed by atoms with Crippen molar-refractivity contribution in [3.63, 3.8) is 0 Å². The lowest BCUT2D eigenvalue weighted by Gasteiger charge is -2.19. The van der Waals surface area contributed by atoms with Gasteiger partial charge in [-0.25, -0.2) is 8.42 Å². The minimum atomic E-state index is -3.70. The molecule has 0 saturated heterocycles. The lowest BCUT2D eigenvalue weighted by molar-refractivity contribution is -0.121. The molecule has 1 atom stereocenters. The summed E-state index contributed by atoms with van der Waals surface area (Å²) in [6.07, 6.45) is 4.16. The molecule has 0 radical (unpaired) electrons. The lowest BCUT2D eigenvalue weighted by Crippen LogP contribution is -2.31. The quantitative estimate of drug-likeness (QED) is 0.780. The van der Waals surface area contributed by atoms with Crippen molar-refractivity contribution in [3.05, 3.63) is 54.4 Å². The summed E-state index contributed by atoms with van der Waals surface area (Å²) in [5.74, 6) is 0.412. The SMILES string of the molecule is CCCC(=O)NC[C@@H](c1cccnc1)S(=O)(=O)c1ccc(OC)cc1. The fourth-order valence-electron chi connectivity index (χ4n) is 2.42. The third-order valence-corrected chi connectivity index (χ3v) is 5.90. The van der Waals surface area contributed by atoms with E-state index in [4.69, 9.17) is 4.74 Å². The number of rotatable bonds is 8. The van der Waals surface area contributed by atoms with Crippen LogP contribution in [0.5, 0.6) is 5.75 Å². The largest absolute Gasteiger partial charge is 0.497 e. The van der Waals surface area contributed by atoms with Gasteiger partial charge < -0.3 is 10.1 Å². The first-order valence-electron chi connectivity index (χ1n) is 8.03. The molecule has 2 aromatic rings. The van der Waals surface area contributed by atoms with E-state index in [2.05, 4.69) is 10.3 Å². The molecule has 1 N–H and O–H groups in total. The monoisotopic (exact) mass is 362 g/mol. The second kappa shape index (κ2) is 8.62. The van der Waals surface area contributed by atoms with Crippen LogP contribution in [-0.4, -0.2) is 33.0 Å². The van der Waals surface area contributed by atoms with Gasteiger partial charge in [0.2, 0.25) is 5.91 Å². The topological polar surface area (TPSA) is 85.4 Å². The zero-order valence-electron chi connectivity index (χ0n) is 14.3. The summed E-state index contributed by atoms with van der Waals surface area (Å²) in [7, 11) is -2.18. The number of amides is 1. The normalized spacial score (nSPS) is 12.4. The van der Waals surface area contributed by atoms with Crippen molar-refractivity contribution < 1.29 is 17.9 Å².